The molecule has 1 amide bonds. The highest BCUT2D eigenvalue weighted by atomic mass is 19.1. The van der Waals surface area contributed by atoms with Crippen molar-refractivity contribution in [3.05, 3.63) is 84.5 Å². The molecule has 3 aromatic heterocycles. The third kappa shape index (κ3) is 4.46. The summed E-state index contributed by atoms with van der Waals surface area (Å²) in [4.78, 5) is 15.9. The van der Waals surface area contributed by atoms with E-state index in [1.807, 2.05) is 30.7 Å². The molecule has 0 aliphatic carbocycles. The third-order valence-corrected chi connectivity index (χ3v) is 6.50. The van der Waals surface area contributed by atoms with E-state index in [4.69, 9.17) is 10.5 Å². The molecule has 0 fully saturated rings. The van der Waals surface area contributed by atoms with Crippen molar-refractivity contribution in [2.45, 2.75) is 6.92 Å². The fourth-order valence-electron chi connectivity index (χ4n) is 4.54. The highest BCUT2D eigenvalue weighted by Gasteiger charge is 2.24. The number of halogens is 1. The second-order valence-electron chi connectivity index (χ2n) is 8.94. The maximum Gasteiger partial charge on any atom is 0.247 e. The first-order chi connectivity index (χ1) is 18.7. The first-order valence-corrected chi connectivity index (χ1v) is 11.9. The van der Waals surface area contributed by atoms with Gasteiger partial charge in [-0.1, -0.05) is 24.8 Å². The topological polar surface area (TPSA) is 124 Å². The number of fused-ring (bicyclic) bond motifs is 1. The molecule has 194 valence electrons. The average Bonchev–Trinajstić information content (AvgIpc) is 3.41. The molecule has 5 aromatic rings. The summed E-state index contributed by atoms with van der Waals surface area (Å²) in [6, 6.07) is 15.6. The molecule has 0 saturated heterocycles. The molecule has 0 aliphatic rings. The molecule has 3 heterocycles. The Morgan fingerprint density at radius 2 is 1.90 bits per heavy atom. The van der Waals surface area contributed by atoms with Crippen molar-refractivity contribution < 1.29 is 13.9 Å². The van der Waals surface area contributed by atoms with Crippen LogP contribution in [0.1, 0.15) is 11.3 Å². The van der Waals surface area contributed by atoms with Crippen LogP contribution in [0, 0.1) is 24.1 Å². The number of nitrogens with one attached hydrogen (secondary N) is 1. The standard InChI is InChI=1S/C29H24FN7O2/c1-5-23(38)34-20-9-6-17(7-10-20)27-25(26-28(36(27)3)19(14-31)15-33-29(26)32)18-8-11-22(21(30)13-18)39-24-12-16(2)37(4)35-24/h5-13,15H,1H2,2-4H3,(H2,32,33)(H,34,38). The number of amides is 1. The van der Waals surface area contributed by atoms with Gasteiger partial charge in [0.2, 0.25) is 11.8 Å². The molecule has 0 unspecified atom stereocenters. The van der Waals surface area contributed by atoms with E-state index in [1.165, 1.54) is 24.4 Å². The number of nitrogens with zero attached hydrogens (tertiary/aromatic N) is 5. The Morgan fingerprint density at radius 3 is 2.51 bits per heavy atom. The number of nitrogens with two attached hydrogens (primary N) is 1. The summed E-state index contributed by atoms with van der Waals surface area (Å²) in [7, 11) is 3.59. The first kappa shape index (κ1) is 25.2. The van der Waals surface area contributed by atoms with Crippen molar-refractivity contribution in [1.82, 2.24) is 19.3 Å². The molecular formula is C29H24FN7O2. The number of nitrogen functional groups attached to an aromatic ring is 1. The van der Waals surface area contributed by atoms with E-state index < -0.39 is 5.82 Å². The maximum absolute atomic E-state index is 15.4. The Balaban J connectivity index is 1.68. The highest BCUT2D eigenvalue weighted by Crippen LogP contribution is 2.44. The van der Waals surface area contributed by atoms with Crippen molar-refractivity contribution in [1.29, 1.82) is 5.26 Å². The van der Waals surface area contributed by atoms with Gasteiger partial charge in [0.1, 0.15) is 11.9 Å². The van der Waals surface area contributed by atoms with Gasteiger partial charge < -0.3 is 20.4 Å². The molecule has 0 saturated carbocycles. The summed E-state index contributed by atoms with van der Waals surface area (Å²) in [5.41, 5.74) is 11.3. The van der Waals surface area contributed by atoms with Crippen LogP contribution in [-0.2, 0) is 18.9 Å². The molecule has 9 nitrogen and oxygen atoms in total. The Bertz CT molecular complexity index is 1790. The lowest BCUT2D eigenvalue weighted by molar-refractivity contribution is -0.111. The molecular weight excluding hydrogens is 497 g/mol. The number of carbonyl (C=O) groups excluding carboxylic acids is 1. The average molecular weight is 522 g/mol. The summed E-state index contributed by atoms with van der Waals surface area (Å²) in [5, 5.41) is 17.3. The van der Waals surface area contributed by atoms with E-state index in [0.29, 0.717) is 39.0 Å². The first-order valence-electron chi connectivity index (χ1n) is 11.9. The van der Waals surface area contributed by atoms with Crippen molar-refractivity contribution in [2.24, 2.45) is 14.1 Å². The summed E-state index contributed by atoms with van der Waals surface area (Å²) in [5.74, 6) is -0.415. The van der Waals surface area contributed by atoms with E-state index in [9.17, 15) is 10.1 Å². The minimum Gasteiger partial charge on any atom is -0.434 e. The SMILES string of the molecule is C=CC(=O)Nc1ccc(-c2c(-c3ccc(Oc4cc(C)n(C)n4)c(F)c3)c3c(N)ncc(C#N)c3n2C)cc1. The largest absolute Gasteiger partial charge is 0.434 e. The van der Waals surface area contributed by atoms with Crippen LogP contribution in [-0.4, -0.2) is 25.2 Å². The fourth-order valence-corrected chi connectivity index (χ4v) is 4.54. The molecule has 39 heavy (non-hydrogen) atoms. The van der Waals surface area contributed by atoms with Gasteiger partial charge in [-0.2, -0.15) is 5.26 Å². The van der Waals surface area contributed by atoms with Crippen LogP contribution in [0.25, 0.3) is 33.3 Å². The number of anilines is 2. The van der Waals surface area contributed by atoms with E-state index in [2.05, 4.69) is 28.0 Å². The molecule has 2 aromatic carbocycles. The van der Waals surface area contributed by atoms with Crippen LogP contribution in [0.15, 0.2) is 67.4 Å². The number of aryl methyl sites for hydroxylation is 3. The third-order valence-electron chi connectivity index (χ3n) is 6.50. The Morgan fingerprint density at radius 1 is 1.18 bits per heavy atom. The van der Waals surface area contributed by atoms with Gasteiger partial charge in [0.15, 0.2) is 11.6 Å². The lowest BCUT2D eigenvalue weighted by Crippen LogP contribution is -2.06. The number of carbonyl (C=O) groups is 1. The van der Waals surface area contributed by atoms with Crippen molar-refractivity contribution in [2.75, 3.05) is 11.1 Å². The van der Waals surface area contributed by atoms with Crippen LogP contribution in [0.2, 0.25) is 0 Å². The Labute approximate surface area is 223 Å². The molecule has 3 N–H and O–H groups in total. The monoisotopic (exact) mass is 521 g/mol. The lowest BCUT2D eigenvalue weighted by Gasteiger charge is -2.11. The van der Waals surface area contributed by atoms with E-state index in [1.54, 1.807) is 36.0 Å². The maximum atomic E-state index is 15.4. The van der Waals surface area contributed by atoms with Crippen molar-refractivity contribution >= 4 is 28.3 Å². The predicted molar refractivity (Wildman–Crippen MR) is 148 cm³/mol. The number of pyridine rings is 1. The van der Waals surface area contributed by atoms with Crippen LogP contribution in [0.3, 0.4) is 0 Å². The molecule has 0 bridgehead atoms. The van der Waals surface area contributed by atoms with Crippen molar-refractivity contribution in [3.8, 4) is 40.1 Å². The number of hydrogen-bond acceptors (Lipinski definition) is 6. The number of aromatic nitrogens is 4. The van der Waals surface area contributed by atoms with Gasteiger partial charge in [0.05, 0.1) is 22.2 Å². The van der Waals surface area contributed by atoms with Gasteiger partial charge in [0.25, 0.3) is 0 Å². The second kappa shape index (κ2) is 9.79. The van der Waals surface area contributed by atoms with E-state index in [-0.39, 0.29) is 23.4 Å². The zero-order valence-electron chi connectivity index (χ0n) is 21.5. The molecule has 10 heteroatoms. The second-order valence-corrected chi connectivity index (χ2v) is 8.94. The summed E-state index contributed by atoms with van der Waals surface area (Å²) in [6.07, 6.45) is 2.61. The zero-order valence-corrected chi connectivity index (χ0v) is 21.5. The zero-order chi connectivity index (χ0) is 27.8. The summed E-state index contributed by atoms with van der Waals surface area (Å²) >= 11 is 0. The van der Waals surface area contributed by atoms with Crippen molar-refractivity contribution in [3.63, 3.8) is 0 Å². The van der Waals surface area contributed by atoms with Gasteiger partial charge in [-0.05, 0) is 48.4 Å². The molecule has 5 rings (SSSR count). The van der Waals surface area contributed by atoms with Crippen LogP contribution < -0.4 is 15.8 Å². The molecule has 0 radical (unpaired) electrons. The van der Waals surface area contributed by atoms with Gasteiger partial charge in [-0.25, -0.2) is 9.37 Å². The summed E-state index contributed by atoms with van der Waals surface area (Å²) < 4.78 is 24.6. The number of ether oxygens (including phenoxy) is 1. The van der Waals surface area contributed by atoms with Crippen LogP contribution >= 0.6 is 0 Å². The lowest BCUT2D eigenvalue weighted by atomic mass is 9.97. The smallest absolute Gasteiger partial charge is 0.247 e. The number of hydrogen-bond donors (Lipinski definition) is 2. The predicted octanol–water partition coefficient (Wildman–Crippen LogP) is 5.46. The van der Waals surface area contributed by atoms with Crippen LogP contribution in [0.4, 0.5) is 15.9 Å². The molecule has 0 spiro atoms. The quantitative estimate of drug-likeness (QED) is 0.286. The summed E-state index contributed by atoms with van der Waals surface area (Å²) in [6.45, 7) is 5.34. The van der Waals surface area contributed by atoms with Gasteiger partial charge in [-0.3, -0.25) is 9.48 Å². The number of benzene rings is 2. The van der Waals surface area contributed by atoms with Gasteiger partial charge in [-0.15, -0.1) is 5.10 Å². The minimum absolute atomic E-state index is 0.0183. The minimum atomic E-state index is -0.593. The molecule has 0 atom stereocenters. The van der Waals surface area contributed by atoms with Crippen LogP contribution in [0.5, 0.6) is 11.6 Å². The highest BCUT2D eigenvalue weighted by molar-refractivity contribution is 6.10. The molecule has 0 aliphatic heterocycles. The normalized spacial score (nSPS) is 10.8. The Kier molecular flexibility index (Phi) is 6.34. The van der Waals surface area contributed by atoms with E-state index >= 15 is 4.39 Å². The van der Waals surface area contributed by atoms with Gasteiger partial charge in [0, 0.05) is 43.3 Å². The number of nitriles is 1. The fraction of sp³-hybridized carbons (Fsp3) is 0.103. The van der Waals surface area contributed by atoms with E-state index in [0.717, 1.165) is 11.3 Å². The van der Waals surface area contributed by atoms with Gasteiger partial charge >= 0.3 is 0 Å². The Hall–Kier alpha value is -5.43. The number of rotatable bonds is 6.